The molecule has 0 bridgehead atoms. The molecule has 0 saturated heterocycles. The van der Waals surface area contributed by atoms with Crippen molar-refractivity contribution < 1.29 is 23.9 Å². The Morgan fingerprint density at radius 1 is 1.00 bits per heavy atom. The van der Waals surface area contributed by atoms with Crippen molar-refractivity contribution in [1.29, 1.82) is 0 Å². The molecule has 0 aliphatic heterocycles. The number of ether oxygens (including phenoxy) is 2. The average molecular weight is 412 g/mol. The topological polar surface area (TPSA) is 93.7 Å². The van der Waals surface area contributed by atoms with Gasteiger partial charge < -0.3 is 20.1 Å². The minimum atomic E-state index is -0.695. The van der Waals surface area contributed by atoms with Crippen LogP contribution in [0.2, 0.25) is 0 Å². The molecular weight excluding hydrogens is 384 g/mol. The Morgan fingerprint density at radius 2 is 1.70 bits per heavy atom. The summed E-state index contributed by atoms with van der Waals surface area (Å²) < 4.78 is 10.3. The third-order valence-corrected chi connectivity index (χ3v) is 4.56. The lowest BCUT2D eigenvalue weighted by Gasteiger charge is -2.15. The van der Waals surface area contributed by atoms with Crippen molar-refractivity contribution >= 4 is 23.5 Å². The summed E-state index contributed by atoms with van der Waals surface area (Å²) in [7, 11) is 0. The molecule has 7 heteroatoms. The fraction of sp³-hybridized carbons (Fsp3) is 0.348. The smallest absolute Gasteiger partial charge is 0.325 e. The van der Waals surface area contributed by atoms with Gasteiger partial charge >= 0.3 is 5.97 Å². The van der Waals surface area contributed by atoms with Crippen molar-refractivity contribution in [3.05, 3.63) is 59.7 Å². The minimum absolute atomic E-state index is 0.293. The molecule has 7 nitrogen and oxygen atoms in total. The maximum Gasteiger partial charge on any atom is 0.325 e. The van der Waals surface area contributed by atoms with Crippen LogP contribution in [0.3, 0.4) is 0 Å². The van der Waals surface area contributed by atoms with Crippen molar-refractivity contribution in [2.75, 3.05) is 25.1 Å². The molecule has 160 valence electrons. The molecule has 0 heterocycles. The van der Waals surface area contributed by atoms with Gasteiger partial charge in [-0.3, -0.25) is 14.4 Å². The highest BCUT2D eigenvalue weighted by Crippen LogP contribution is 2.26. The number of amides is 2. The predicted molar refractivity (Wildman–Crippen MR) is 115 cm³/mol. The first-order valence-electron chi connectivity index (χ1n) is 10.00. The molecule has 2 N–H and O–H groups in total. The SMILES string of the molecule is CCOc1ccc(C(=O)NCC(=O)OCC(=O)Nc2ccccc2[C@@H](C)CC)cc1. The van der Waals surface area contributed by atoms with Crippen LogP contribution in [0.1, 0.15) is 49.0 Å². The van der Waals surface area contributed by atoms with Crippen LogP contribution in [0.25, 0.3) is 0 Å². The van der Waals surface area contributed by atoms with Gasteiger partial charge in [0, 0.05) is 11.3 Å². The molecule has 0 saturated carbocycles. The zero-order chi connectivity index (χ0) is 21.9. The fourth-order valence-electron chi connectivity index (χ4n) is 2.77. The highest BCUT2D eigenvalue weighted by Gasteiger charge is 2.14. The summed E-state index contributed by atoms with van der Waals surface area (Å²) in [6.45, 7) is 5.81. The summed E-state index contributed by atoms with van der Waals surface area (Å²) in [5, 5.41) is 5.24. The van der Waals surface area contributed by atoms with Gasteiger partial charge in [-0.05, 0) is 55.2 Å². The summed E-state index contributed by atoms with van der Waals surface area (Å²) in [5.74, 6) is -0.588. The van der Waals surface area contributed by atoms with Crippen LogP contribution in [-0.4, -0.2) is 37.5 Å². The second kappa shape index (κ2) is 11.6. The van der Waals surface area contributed by atoms with Crippen LogP contribution < -0.4 is 15.4 Å². The van der Waals surface area contributed by atoms with Crippen LogP contribution in [-0.2, 0) is 14.3 Å². The Balaban J connectivity index is 1.78. The van der Waals surface area contributed by atoms with Gasteiger partial charge in [0.1, 0.15) is 12.3 Å². The zero-order valence-electron chi connectivity index (χ0n) is 17.6. The van der Waals surface area contributed by atoms with Crippen LogP contribution in [0.15, 0.2) is 48.5 Å². The monoisotopic (exact) mass is 412 g/mol. The molecular formula is C23H28N2O5. The van der Waals surface area contributed by atoms with Gasteiger partial charge in [-0.1, -0.05) is 32.0 Å². The first kappa shape index (κ1) is 22.9. The number of nitrogens with one attached hydrogen (secondary N) is 2. The maximum absolute atomic E-state index is 12.1. The standard InChI is InChI=1S/C23H28N2O5/c1-4-16(3)19-8-6-7-9-20(19)25-21(26)15-30-22(27)14-24-23(28)17-10-12-18(13-11-17)29-5-2/h6-13,16H,4-5,14-15H2,1-3H3,(H,24,28)(H,25,26)/t16-/m0/s1. The Morgan fingerprint density at radius 3 is 2.37 bits per heavy atom. The van der Waals surface area contributed by atoms with E-state index in [9.17, 15) is 14.4 Å². The normalized spacial score (nSPS) is 11.3. The molecule has 0 radical (unpaired) electrons. The largest absolute Gasteiger partial charge is 0.494 e. The van der Waals surface area contributed by atoms with Crippen LogP contribution >= 0.6 is 0 Å². The molecule has 0 aliphatic carbocycles. The van der Waals surface area contributed by atoms with E-state index in [2.05, 4.69) is 24.5 Å². The number of carbonyl (C=O) groups is 3. The van der Waals surface area contributed by atoms with Crippen molar-refractivity contribution in [2.24, 2.45) is 0 Å². The number of hydrogen-bond acceptors (Lipinski definition) is 5. The highest BCUT2D eigenvalue weighted by atomic mass is 16.5. The van der Waals surface area contributed by atoms with E-state index in [1.54, 1.807) is 24.3 Å². The second-order valence-electron chi connectivity index (χ2n) is 6.75. The van der Waals surface area contributed by atoms with E-state index in [0.29, 0.717) is 29.5 Å². The van der Waals surface area contributed by atoms with Gasteiger partial charge in [0.15, 0.2) is 6.61 Å². The summed E-state index contributed by atoms with van der Waals surface area (Å²) in [6.07, 6.45) is 0.940. The van der Waals surface area contributed by atoms with Gasteiger partial charge in [-0.15, -0.1) is 0 Å². The zero-order valence-corrected chi connectivity index (χ0v) is 17.6. The molecule has 1 atom stereocenters. The Labute approximate surface area is 176 Å². The van der Waals surface area contributed by atoms with E-state index in [-0.39, 0.29) is 6.54 Å². The van der Waals surface area contributed by atoms with E-state index in [0.717, 1.165) is 12.0 Å². The molecule has 0 spiro atoms. The molecule has 0 aromatic heterocycles. The Bertz CT molecular complexity index is 864. The number of rotatable bonds is 10. The maximum atomic E-state index is 12.1. The van der Waals surface area contributed by atoms with Crippen LogP contribution in [0.5, 0.6) is 5.75 Å². The molecule has 30 heavy (non-hydrogen) atoms. The van der Waals surface area contributed by atoms with Crippen LogP contribution in [0, 0.1) is 0 Å². The molecule has 2 aromatic carbocycles. The lowest BCUT2D eigenvalue weighted by Crippen LogP contribution is -2.32. The Kier molecular flexibility index (Phi) is 8.87. The first-order valence-corrected chi connectivity index (χ1v) is 10.00. The van der Waals surface area contributed by atoms with Gasteiger partial charge in [-0.25, -0.2) is 0 Å². The molecule has 0 fully saturated rings. The molecule has 0 aliphatic rings. The number of para-hydroxylation sites is 1. The summed E-state index contributed by atoms with van der Waals surface area (Å²) in [5.41, 5.74) is 2.13. The predicted octanol–water partition coefficient (Wildman–Crippen LogP) is 3.51. The van der Waals surface area contributed by atoms with E-state index in [1.165, 1.54) is 0 Å². The van der Waals surface area contributed by atoms with E-state index in [4.69, 9.17) is 9.47 Å². The average Bonchev–Trinajstić information content (AvgIpc) is 2.76. The van der Waals surface area contributed by atoms with Gasteiger partial charge in [0.25, 0.3) is 11.8 Å². The van der Waals surface area contributed by atoms with Gasteiger partial charge in [0.05, 0.1) is 6.61 Å². The van der Waals surface area contributed by atoms with Crippen molar-refractivity contribution in [3.8, 4) is 5.75 Å². The van der Waals surface area contributed by atoms with Crippen molar-refractivity contribution in [1.82, 2.24) is 5.32 Å². The fourth-order valence-corrected chi connectivity index (χ4v) is 2.77. The van der Waals surface area contributed by atoms with Crippen molar-refractivity contribution in [2.45, 2.75) is 33.1 Å². The highest BCUT2D eigenvalue weighted by molar-refractivity contribution is 5.96. The third kappa shape index (κ3) is 6.92. The molecule has 2 aromatic rings. The number of benzene rings is 2. The molecule has 2 amide bonds. The summed E-state index contributed by atoms with van der Waals surface area (Å²) in [4.78, 5) is 36.1. The quantitative estimate of drug-likeness (QED) is 0.583. The van der Waals surface area contributed by atoms with Gasteiger partial charge in [0.2, 0.25) is 0 Å². The molecule has 2 rings (SSSR count). The number of carbonyl (C=O) groups excluding carboxylic acids is 3. The summed E-state index contributed by atoms with van der Waals surface area (Å²) >= 11 is 0. The minimum Gasteiger partial charge on any atom is -0.494 e. The van der Waals surface area contributed by atoms with Gasteiger partial charge in [-0.2, -0.15) is 0 Å². The second-order valence-corrected chi connectivity index (χ2v) is 6.75. The molecule has 0 unspecified atom stereocenters. The third-order valence-electron chi connectivity index (χ3n) is 4.56. The van der Waals surface area contributed by atoms with E-state index in [1.807, 2.05) is 31.2 Å². The first-order chi connectivity index (χ1) is 14.4. The van der Waals surface area contributed by atoms with Crippen LogP contribution in [0.4, 0.5) is 5.69 Å². The van der Waals surface area contributed by atoms with Crippen molar-refractivity contribution in [3.63, 3.8) is 0 Å². The lowest BCUT2D eigenvalue weighted by atomic mass is 9.97. The van der Waals surface area contributed by atoms with E-state index < -0.39 is 24.4 Å². The Hall–Kier alpha value is -3.35. The summed E-state index contributed by atoms with van der Waals surface area (Å²) in [6, 6.07) is 14.1. The number of anilines is 1. The lowest BCUT2D eigenvalue weighted by molar-refractivity contribution is -0.146. The number of hydrogen-bond donors (Lipinski definition) is 2. The van der Waals surface area contributed by atoms with E-state index >= 15 is 0 Å². The number of esters is 1.